The van der Waals surface area contributed by atoms with Crippen molar-refractivity contribution in [2.45, 2.75) is 122 Å². The van der Waals surface area contributed by atoms with Gasteiger partial charge in [-0.15, -0.1) is 0 Å². The number of ether oxygens (including phenoxy) is 4. The summed E-state index contributed by atoms with van der Waals surface area (Å²) >= 11 is 0. The highest BCUT2D eigenvalue weighted by molar-refractivity contribution is 6.73. The van der Waals surface area contributed by atoms with E-state index >= 15 is 4.79 Å². The van der Waals surface area contributed by atoms with Crippen molar-refractivity contribution < 1.29 is 57.2 Å². The maximum absolute atomic E-state index is 15.7. The van der Waals surface area contributed by atoms with E-state index in [1.807, 2.05) is 20.8 Å². The molecule has 1 aromatic carbocycles. The number of carbonyl (C=O) groups is 5. The Labute approximate surface area is 298 Å². The largest absolute Gasteiger partial charge is 0.454 e. The summed E-state index contributed by atoms with van der Waals surface area (Å²) in [7, 11) is -2.57. The number of hydrogen-bond acceptors (Lipinski definition) is 11. The molecule has 0 spiro atoms. The maximum atomic E-state index is 15.7. The number of hydrogen-bond donors (Lipinski definition) is 1. The van der Waals surface area contributed by atoms with Gasteiger partial charge in [0.05, 0.1) is 29.6 Å². The second-order valence-electron chi connectivity index (χ2n) is 14.9. The van der Waals surface area contributed by atoms with Gasteiger partial charge in [0, 0.05) is 31.3 Å². The maximum Gasteiger partial charge on any atom is 0.374 e. The molecule has 14 heteroatoms. The molecule has 1 N–H and O–H groups in total. The molecule has 5 rings (SSSR count). The fraction of sp³-hybridized carbons (Fsp3) is 0.622. The van der Waals surface area contributed by atoms with Crippen molar-refractivity contribution in [3.8, 4) is 0 Å². The first-order valence-corrected chi connectivity index (χ1v) is 20.1. The van der Waals surface area contributed by atoms with Crippen molar-refractivity contribution in [1.29, 1.82) is 0 Å². The van der Waals surface area contributed by atoms with Crippen LogP contribution in [0.4, 0.5) is 0 Å². The van der Waals surface area contributed by atoms with Crippen LogP contribution in [0, 0.1) is 16.7 Å². The fourth-order valence-electron chi connectivity index (χ4n) is 9.27. The van der Waals surface area contributed by atoms with Gasteiger partial charge in [0.1, 0.15) is 6.10 Å². The minimum atomic E-state index is -2.70. The summed E-state index contributed by atoms with van der Waals surface area (Å²) < 4.78 is 31.6. The van der Waals surface area contributed by atoms with E-state index in [0.717, 1.165) is 6.92 Å². The number of ketones is 2. The Morgan fingerprint density at radius 3 is 2.10 bits per heavy atom. The quantitative estimate of drug-likeness (QED) is 0.127. The number of esters is 3. The normalized spacial score (nSPS) is 34.2. The summed E-state index contributed by atoms with van der Waals surface area (Å²) in [6.45, 7) is 14.1. The average molecular weight is 725 g/mol. The Morgan fingerprint density at radius 2 is 1.61 bits per heavy atom. The van der Waals surface area contributed by atoms with Crippen LogP contribution in [-0.2, 0) is 42.6 Å². The smallest absolute Gasteiger partial charge is 0.374 e. The minimum absolute atomic E-state index is 0.0414. The van der Waals surface area contributed by atoms with E-state index < -0.39 is 95.9 Å². The van der Waals surface area contributed by atoms with Crippen LogP contribution < -0.4 is 0 Å². The van der Waals surface area contributed by atoms with Crippen LogP contribution in [0.1, 0.15) is 79.1 Å². The van der Waals surface area contributed by atoms with Crippen LogP contribution in [0.2, 0.25) is 18.1 Å². The number of carbonyl (C=O) groups excluding carboxylic acids is 5. The molecule has 0 amide bonds. The molecule has 1 saturated heterocycles. The van der Waals surface area contributed by atoms with Crippen molar-refractivity contribution in [2.24, 2.45) is 16.7 Å². The lowest BCUT2D eigenvalue weighted by Crippen LogP contribution is -2.83. The lowest BCUT2D eigenvalue weighted by atomic mass is 9.44. The molecule has 1 heterocycles. The Hall–Kier alpha value is -3.81. The summed E-state index contributed by atoms with van der Waals surface area (Å²) in [5.41, 5.74) is 1.71. The molecule has 2 saturated carbocycles. The Morgan fingerprint density at radius 1 is 1.00 bits per heavy atom. The predicted molar refractivity (Wildman–Crippen MR) is 184 cm³/mol. The third-order valence-electron chi connectivity index (χ3n) is 12.3. The van der Waals surface area contributed by atoms with Gasteiger partial charge in [-0.25, -0.2) is 4.79 Å². The molecule has 1 aromatic rings. The summed E-state index contributed by atoms with van der Waals surface area (Å²) in [5.74, 6) is -5.62. The highest BCUT2D eigenvalue weighted by Crippen LogP contribution is 2.64. The lowest BCUT2D eigenvalue weighted by Gasteiger charge is -2.67. The Kier molecular flexibility index (Phi) is 10.0. The Bertz CT molecular complexity index is 1720. The molecule has 3 fully saturated rings. The summed E-state index contributed by atoms with van der Waals surface area (Å²) in [5, 5.41) is 13.4. The number of Topliss-reactive ketones (excluding diaryl/α,β-unsaturated/α-hetero) is 2. The number of allylic oxidation sites excluding steroid dienone is 1. The van der Waals surface area contributed by atoms with Crippen LogP contribution in [0.3, 0.4) is 0 Å². The van der Waals surface area contributed by atoms with E-state index in [-0.39, 0.29) is 29.7 Å². The zero-order chi connectivity index (χ0) is 37.9. The molecule has 0 radical (unpaired) electrons. The molecule has 13 nitrogen and oxygen atoms in total. The van der Waals surface area contributed by atoms with Gasteiger partial charge in [-0.1, -0.05) is 52.8 Å². The summed E-state index contributed by atoms with van der Waals surface area (Å²) in [6, 6.07) is 10.0. The number of rotatable bonds is 9. The van der Waals surface area contributed by atoms with Gasteiger partial charge in [-0.2, -0.15) is 4.79 Å². The van der Waals surface area contributed by atoms with Crippen LogP contribution in [0.15, 0.2) is 41.5 Å². The first-order valence-electron chi connectivity index (χ1n) is 17.5. The van der Waals surface area contributed by atoms with Gasteiger partial charge in [0.15, 0.2) is 31.9 Å². The topological polar surface area (TPSA) is 188 Å². The summed E-state index contributed by atoms with van der Waals surface area (Å²) in [4.78, 5) is 73.2. The van der Waals surface area contributed by atoms with Gasteiger partial charge < -0.3 is 34.0 Å². The van der Waals surface area contributed by atoms with E-state index in [1.165, 1.54) is 39.8 Å². The highest BCUT2D eigenvalue weighted by Gasteiger charge is 2.81. The summed E-state index contributed by atoms with van der Waals surface area (Å²) in [6.07, 6.45) is -5.43. The molecule has 3 aliphatic carbocycles. The second kappa shape index (κ2) is 13.3. The molecule has 4 aliphatic rings. The molecule has 0 aromatic heterocycles. The van der Waals surface area contributed by atoms with Crippen LogP contribution in [-0.4, -0.2) is 95.6 Å². The molecular formula is C37H48N2O11Si. The highest BCUT2D eigenvalue weighted by atomic mass is 28.4. The SMILES string of the molecule is CC[Si](CC)(CC)O[C@H]1C[C@H]2OC[C@@]2(OC(C)=O)[C@H]2[C@H](OC(=O)c3ccccc3)[C@]3(O)C(=[N+]=[N-])C(=O)C(C)=C([C@@H](OC(C)=O)C(=O)[C@]12C)C3(C)C. The average Bonchev–Trinajstić information content (AvgIpc) is 3.08. The van der Waals surface area contributed by atoms with Gasteiger partial charge in [-0.05, 0) is 49.7 Å². The molecular weight excluding hydrogens is 676 g/mol. The number of fused-ring (bicyclic) bond motifs is 5. The van der Waals surface area contributed by atoms with Crippen molar-refractivity contribution in [3.05, 3.63) is 52.6 Å². The van der Waals surface area contributed by atoms with E-state index in [4.69, 9.17) is 23.4 Å². The van der Waals surface area contributed by atoms with E-state index in [1.54, 1.807) is 25.1 Å². The van der Waals surface area contributed by atoms with E-state index in [0.29, 0.717) is 18.1 Å². The van der Waals surface area contributed by atoms with Crippen molar-refractivity contribution in [1.82, 2.24) is 0 Å². The van der Waals surface area contributed by atoms with Crippen LogP contribution in [0.5, 0.6) is 0 Å². The molecule has 276 valence electrons. The number of nitrogens with zero attached hydrogens (tertiary/aromatic N) is 2. The van der Waals surface area contributed by atoms with E-state index in [2.05, 4.69) is 4.79 Å². The van der Waals surface area contributed by atoms with Gasteiger partial charge in [0.2, 0.25) is 5.60 Å². The minimum Gasteiger partial charge on any atom is -0.454 e. The van der Waals surface area contributed by atoms with Gasteiger partial charge >= 0.3 is 23.6 Å². The molecule has 51 heavy (non-hydrogen) atoms. The monoisotopic (exact) mass is 724 g/mol. The van der Waals surface area contributed by atoms with Crippen molar-refractivity contribution in [3.63, 3.8) is 0 Å². The van der Waals surface area contributed by atoms with Crippen LogP contribution >= 0.6 is 0 Å². The standard InChI is InChI=1S/C37H48N2O11Si/c1-10-51(11-2,12-3)50-24-18-25-36(19-46-25,49-22(6)41)29-32(48-33(44)23-16-14-13-15-17-23)37(45)30(39-38)27(42)20(4)26(34(37,7)8)28(47-21(5)40)31(43)35(24,29)9/h13-17,24-25,28-29,32,45H,10-12,18-19H2,1-9H3/t24-,25+,28+,29-,32-,35+,36-,37+/m0/s1. The third kappa shape index (κ3) is 5.49. The molecule has 1 aliphatic heterocycles. The lowest BCUT2D eigenvalue weighted by molar-refractivity contribution is -0.339. The Balaban J connectivity index is 1.95. The van der Waals surface area contributed by atoms with Gasteiger partial charge in [0.25, 0.3) is 5.78 Å². The van der Waals surface area contributed by atoms with Gasteiger partial charge in [-0.3, -0.25) is 19.2 Å². The van der Waals surface area contributed by atoms with Crippen molar-refractivity contribution in [2.75, 3.05) is 6.61 Å². The first-order chi connectivity index (χ1) is 23.9. The van der Waals surface area contributed by atoms with E-state index in [9.17, 15) is 29.8 Å². The molecule has 2 bridgehead atoms. The second-order valence-corrected chi connectivity index (χ2v) is 19.7. The first kappa shape index (κ1) is 38.4. The number of aliphatic hydroxyl groups is 1. The third-order valence-corrected chi connectivity index (χ3v) is 17.0. The zero-order valence-electron chi connectivity index (χ0n) is 30.7. The van der Waals surface area contributed by atoms with Crippen molar-refractivity contribution >= 4 is 43.5 Å². The van der Waals surface area contributed by atoms with Crippen LogP contribution in [0.25, 0.3) is 5.53 Å². The molecule has 0 unspecified atom stereocenters. The fourth-order valence-corrected chi connectivity index (χ4v) is 12.2. The molecule has 8 atom stereocenters. The number of benzene rings is 1. The zero-order valence-corrected chi connectivity index (χ0v) is 31.7. The predicted octanol–water partition coefficient (Wildman–Crippen LogP) is 4.17.